The lowest BCUT2D eigenvalue weighted by Gasteiger charge is -2.40. The number of hydrogen-bond donors (Lipinski definition) is 8. The SMILES string of the molecule is C[C@H](NC(=O)CCNC(=O)[C@@H](N)CCN(C(=O)CO)[C@@H](c1nc(-c2cc(F)ccc2F)cn1Cc1ccccc1)C(C)(C)C)C(=O)N[C@@H](CCCNC(N)=O)C(=O)O. The average molecular weight is 814 g/mol. The molecular weight excluding hydrogens is 760 g/mol. The number of aliphatic hydroxyl groups excluding tert-OH is 1. The number of carbonyl (C=O) groups is 6. The number of rotatable bonds is 21. The summed E-state index contributed by atoms with van der Waals surface area (Å²) in [5.41, 5.74) is 11.4. The van der Waals surface area contributed by atoms with Crippen molar-refractivity contribution in [3.63, 3.8) is 0 Å². The number of halogens is 2. The molecule has 0 aliphatic carbocycles. The third-order valence-electron chi connectivity index (χ3n) is 9.06. The number of carboxylic acids is 1. The highest BCUT2D eigenvalue weighted by molar-refractivity contribution is 5.90. The number of primary amides is 1. The Morgan fingerprint density at radius 1 is 0.948 bits per heavy atom. The Hall–Kier alpha value is -5.95. The van der Waals surface area contributed by atoms with Gasteiger partial charge in [-0.15, -0.1) is 0 Å². The molecule has 19 heteroatoms. The minimum Gasteiger partial charge on any atom is -0.480 e. The second kappa shape index (κ2) is 21.5. The van der Waals surface area contributed by atoms with Gasteiger partial charge in [0, 0.05) is 44.4 Å². The summed E-state index contributed by atoms with van der Waals surface area (Å²) < 4.78 is 31.0. The lowest BCUT2D eigenvalue weighted by molar-refractivity contribution is -0.142. The molecule has 0 aliphatic rings. The van der Waals surface area contributed by atoms with Crippen molar-refractivity contribution >= 4 is 35.6 Å². The summed E-state index contributed by atoms with van der Waals surface area (Å²) in [6.07, 6.45) is 1.45. The van der Waals surface area contributed by atoms with Crippen LogP contribution in [0.4, 0.5) is 13.6 Å². The summed E-state index contributed by atoms with van der Waals surface area (Å²) in [6.45, 7) is 6.09. The van der Waals surface area contributed by atoms with Gasteiger partial charge in [0.25, 0.3) is 0 Å². The third kappa shape index (κ3) is 13.9. The highest BCUT2D eigenvalue weighted by atomic mass is 19.1. The van der Waals surface area contributed by atoms with Crippen molar-refractivity contribution in [3.05, 3.63) is 77.8 Å². The number of imidazole rings is 1. The first-order valence-electron chi connectivity index (χ1n) is 18.7. The Bertz CT molecular complexity index is 1900. The van der Waals surface area contributed by atoms with E-state index in [2.05, 4.69) is 21.3 Å². The van der Waals surface area contributed by atoms with Crippen molar-refractivity contribution in [1.29, 1.82) is 0 Å². The molecule has 0 spiro atoms. The first-order valence-corrected chi connectivity index (χ1v) is 18.7. The van der Waals surface area contributed by atoms with Crippen LogP contribution in [-0.2, 0) is 30.5 Å². The van der Waals surface area contributed by atoms with Crippen LogP contribution in [0.1, 0.15) is 70.8 Å². The molecule has 3 rings (SSSR count). The number of benzene rings is 2. The van der Waals surface area contributed by atoms with Gasteiger partial charge in [0.2, 0.25) is 23.6 Å². The Morgan fingerprint density at radius 2 is 1.64 bits per heavy atom. The fourth-order valence-electron chi connectivity index (χ4n) is 6.15. The van der Waals surface area contributed by atoms with Crippen LogP contribution in [0.5, 0.6) is 0 Å². The number of carboxylic acid groups (broad SMARTS) is 1. The predicted molar refractivity (Wildman–Crippen MR) is 208 cm³/mol. The van der Waals surface area contributed by atoms with E-state index in [-0.39, 0.29) is 63.1 Å². The van der Waals surface area contributed by atoms with Crippen LogP contribution < -0.4 is 32.7 Å². The fraction of sp³-hybridized carbons (Fsp3) is 0.462. The lowest BCUT2D eigenvalue weighted by atomic mass is 9.84. The van der Waals surface area contributed by atoms with E-state index in [0.29, 0.717) is 5.82 Å². The van der Waals surface area contributed by atoms with Gasteiger partial charge in [0.05, 0.1) is 17.8 Å². The molecule has 316 valence electrons. The number of amides is 6. The number of carbonyl (C=O) groups excluding carboxylic acids is 5. The Labute approximate surface area is 334 Å². The lowest BCUT2D eigenvalue weighted by Crippen LogP contribution is -2.51. The number of urea groups is 1. The van der Waals surface area contributed by atoms with E-state index in [1.54, 1.807) is 10.8 Å². The molecule has 0 radical (unpaired) electrons. The molecule has 17 nitrogen and oxygen atoms in total. The van der Waals surface area contributed by atoms with Crippen LogP contribution in [0.15, 0.2) is 54.7 Å². The average Bonchev–Trinajstić information content (AvgIpc) is 3.56. The molecule has 0 saturated carbocycles. The highest BCUT2D eigenvalue weighted by Crippen LogP contribution is 2.39. The number of nitrogens with one attached hydrogen (secondary N) is 4. The van der Waals surface area contributed by atoms with Crippen LogP contribution in [0.25, 0.3) is 11.3 Å². The van der Waals surface area contributed by atoms with E-state index in [1.807, 2.05) is 51.1 Å². The van der Waals surface area contributed by atoms with Gasteiger partial charge in [0.15, 0.2) is 0 Å². The molecule has 3 aromatic rings. The first kappa shape index (κ1) is 46.4. The summed E-state index contributed by atoms with van der Waals surface area (Å²) in [5.74, 6) is -5.06. The summed E-state index contributed by atoms with van der Waals surface area (Å²) in [4.78, 5) is 80.0. The van der Waals surface area contributed by atoms with E-state index in [0.717, 1.165) is 23.8 Å². The highest BCUT2D eigenvalue weighted by Gasteiger charge is 2.38. The Morgan fingerprint density at radius 3 is 2.26 bits per heavy atom. The van der Waals surface area contributed by atoms with E-state index in [4.69, 9.17) is 16.5 Å². The minimum atomic E-state index is -1.30. The number of aliphatic carboxylic acids is 1. The van der Waals surface area contributed by atoms with Gasteiger partial charge in [-0.25, -0.2) is 23.4 Å². The van der Waals surface area contributed by atoms with Gasteiger partial charge < -0.3 is 52.4 Å². The molecule has 0 saturated heterocycles. The Balaban J connectivity index is 1.69. The summed E-state index contributed by atoms with van der Waals surface area (Å²) in [6, 6.07) is 7.13. The van der Waals surface area contributed by atoms with Crippen LogP contribution in [0.3, 0.4) is 0 Å². The molecule has 1 heterocycles. The van der Waals surface area contributed by atoms with Crippen LogP contribution >= 0.6 is 0 Å². The van der Waals surface area contributed by atoms with Crippen molar-refractivity contribution in [2.24, 2.45) is 16.9 Å². The predicted octanol–water partition coefficient (Wildman–Crippen LogP) is 1.53. The second-order valence-electron chi connectivity index (χ2n) is 14.8. The monoisotopic (exact) mass is 813 g/mol. The number of aromatic nitrogens is 2. The quantitative estimate of drug-likeness (QED) is 0.0719. The summed E-state index contributed by atoms with van der Waals surface area (Å²) >= 11 is 0. The molecule has 0 aliphatic heterocycles. The molecule has 4 atom stereocenters. The molecule has 0 bridgehead atoms. The Kier molecular flexibility index (Phi) is 17.2. The zero-order valence-corrected chi connectivity index (χ0v) is 33.0. The number of hydrogen-bond acceptors (Lipinski definition) is 9. The van der Waals surface area contributed by atoms with Gasteiger partial charge >= 0.3 is 12.0 Å². The van der Waals surface area contributed by atoms with Gasteiger partial charge in [-0.1, -0.05) is 51.1 Å². The van der Waals surface area contributed by atoms with Crippen molar-refractivity contribution < 1.29 is 47.8 Å². The third-order valence-corrected chi connectivity index (χ3v) is 9.06. The standard InChI is InChI=1S/C39H53F2N9O8/c1-23(35(54)48-29(37(56)57)11-8-16-45-38(43)58)46-31(52)14-17-44-36(55)28(42)15-18-50(32(53)22-51)33(39(2,3)4)34-47-30(26-19-25(40)12-13-27(26)41)21-49(34)20-24-9-6-5-7-10-24/h5-7,9-10,12-13,19,21,23,28-29,33,51H,8,11,14-18,20,22,42H2,1-4H3,(H,44,55)(H,46,52)(H,48,54)(H,56,57)(H3,43,45,58)/t23-,28-,29-,33-/m0/s1. The molecule has 10 N–H and O–H groups in total. The van der Waals surface area contributed by atoms with Gasteiger partial charge in [-0.2, -0.15) is 0 Å². The molecule has 58 heavy (non-hydrogen) atoms. The number of aliphatic hydroxyl groups is 1. The fourth-order valence-corrected chi connectivity index (χ4v) is 6.15. The maximum Gasteiger partial charge on any atom is 0.326 e. The maximum absolute atomic E-state index is 15.0. The van der Waals surface area contributed by atoms with Gasteiger partial charge in [-0.3, -0.25) is 19.2 Å². The summed E-state index contributed by atoms with van der Waals surface area (Å²) in [5, 5.41) is 29.1. The molecule has 0 fully saturated rings. The van der Waals surface area contributed by atoms with E-state index >= 15 is 0 Å². The van der Waals surface area contributed by atoms with Crippen LogP contribution in [-0.4, -0.2) is 105 Å². The van der Waals surface area contributed by atoms with Crippen LogP contribution in [0.2, 0.25) is 0 Å². The zero-order valence-electron chi connectivity index (χ0n) is 33.0. The minimum absolute atomic E-state index is 0.00548. The van der Waals surface area contributed by atoms with Crippen molar-refractivity contribution in [3.8, 4) is 11.3 Å². The largest absolute Gasteiger partial charge is 0.480 e. The molecule has 0 unspecified atom stereocenters. The smallest absolute Gasteiger partial charge is 0.326 e. The zero-order chi connectivity index (χ0) is 43.2. The van der Waals surface area contributed by atoms with E-state index in [1.165, 1.54) is 11.8 Å². The topological polar surface area (TPSA) is 264 Å². The molecule has 2 aromatic carbocycles. The maximum atomic E-state index is 15.0. The first-order chi connectivity index (χ1) is 27.3. The van der Waals surface area contributed by atoms with Crippen molar-refractivity contribution in [2.45, 2.75) is 84.1 Å². The number of nitrogens with two attached hydrogens (primary N) is 2. The molecule has 1 aromatic heterocycles. The van der Waals surface area contributed by atoms with Crippen LogP contribution in [0, 0.1) is 17.0 Å². The van der Waals surface area contributed by atoms with E-state index < -0.39 is 83.5 Å². The molecule has 6 amide bonds. The van der Waals surface area contributed by atoms with Gasteiger partial charge in [0.1, 0.15) is 36.1 Å². The summed E-state index contributed by atoms with van der Waals surface area (Å²) in [7, 11) is 0. The van der Waals surface area contributed by atoms with Gasteiger partial charge in [-0.05, 0) is 55.4 Å². The number of nitrogens with zero attached hydrogens (tertiary/aromatic N) is 3. The second-order valence-corrected chi connectivity index (χ2v) is 14.8. The van der Waals surface area contributed by atoms with Crippen molar-refractivity contribution in [2.75, 3.05) is 26.2 Å². The molecular formula is C39H53F2N9O8. The van der Waals surface area contributed by atoms with E-state index in [9.17, 15) is 47.8 Å². The van der Waals surface area contributed by atoms with Crippen molar-refractivity contribution in [1.82, 2.24) is 35.7 Å². The normalized spacial score (nSPS) is 13.4.